The van der Waals surface area contributed by atoms with E-state index in [1.807, 2.05) is 6.07 Å². The first-order valence-corrected chi connectivity index (χ1v) is 8.54. The monoisotopic (exact) mass is 374 g/mol. The molecule has 0 radical (unpaired) electrons. The van der Waals surface area contributed by atoms with Crippen LogP contribution in [0.2, 0.25) is 5.02 Å². The second kappa shape index (κ2) is 7.17. The number of thiocarbonyl (C=S) groups is 1. The Morgan fingerprint density at radius 3 is 2.46 bits per heavy atom. The molecule has 1 heterocycles. The van der Waals surface area contributed by atoms with Crippen LogP contribution in [0, 0.1) is 0 Å². The van der Waals surface area contributed by atoms with E-state index in [4.69, 9.17) is 23.8 Å². The molecule has 2 aromatic carbocycles. The van der Waals surface area contributed by atoms with Crippen LogP contribution < -0.4 is 5.43 Å². The van der Waals surface area contributed by atoms with Gasteiger partial charge in [0.05, 0.1) is 4.91 Å². The third-order valence-electron chi connectivity index (χ3n) is 3.21. The average molecular weight is 375 g/mol. The number of thioether (sulfide) groups is 1. The van der Waals surface area contributed by atoms with Crippen molar-refractivity contribution in [1.82, 2.24) is 10.4 Å². The Morgan fingerprint density at radius 1 is 1.12 bits per heavy atom. The maximum atomic E-state index is 12.5. The van der Waals surface area contributed by atoms with Crippen molar-refractivity contribution in [3.8, 4) is 0 Å². The molecule has 4 nitrogen and oxygen atoms in total. The molecule has 1 fully saturated rings. The topological polar surface area (TPSA) is 49.4 Å². The summed E-state index contributed by atoms with van der Waals surface area (Å²) < 4.78 is 0.282. The molecule has 1 N–H and O–H groups in total. The quantitative estimate of drug-likeness (QED) is 0.654. The minimum atomic E-state index is -0.389. The lowest BCUT2D eigenvalue weighted by Crippen LogP contribution is -2.44. The highest BCUT2D eigenvalue weighted by Crippen LogP contribution is 2.31. The number of amides is 2. The Labute approximate surface area is 153 Å². The molecule has 2 amide bonds. The SMILES string of the molecule is O=C(NN1C(=O)/C(=C\c2ccc(Cl)cc2)SC1=S)c1ccccc1. The Bertz CT molecular complexity index is 835. The van der Waals surface area contributed by atoms with Gasteiger partial charge in [-0.1, -0.05) is 53.7 Å². The molecule has 1 saturated heterocycles. The number of hydrogen-bond donors (Lipinski definition) is 1. The Kier molecular flexibility index (Phi) is 4.99. The van der Waals surface area contributed by atoms with Crippen LogP contribution in [0.4, 0.5) is 0 Å². The van der Waals surface area contributed by atoms with Gasteiger partial charge in [0.1, 0.15) is 0 Å². The van der Waals surface area contributed by atoms with Crippen molar-refractivity contribution in [1.29, 1.82) is 0 Å². The zero-order valence-corrected chi connectivity index (χ0v) is 14.6. The smallest absolute Gasteiger partial charge is 0.267 e. The second-order valence-corrected chi connectivity index (χ2v) is 6.99. The molecule has 7 heteroatoms. The largest absolute Gasteiger partial charge is 0.285 e. The van der Waals surface area contributed by atoms with Crippen molar-refractivity contribution < 1.29 is 9.59 Å². The van der Waals surface area contributed by atoms with E-state index < -0.39 is 0 Å². The summed E-state index contributed by atoms with van der Waals surface area (Å²) in [6.07, 6.45) is 1.71. The van der Waals surface area contributed by atoms with Crippen molar-refractivity contribution in [2.45, 2.75) is 0 Å². The normalized spacial score (nSPS) is 15.9. The molecule has 120 valence electrons. The van der Waals surface area contributed by atoms with E-state index in [0.29, 0.717) is 15.5 Å². The van der Waals surface area contributed by atoms with Crippen molar-refractivity contribution in [3.63, 3.8) is 0 Å². The van der Waals surface area contributed by atoms with Crippen LogP contribution in [0.25, 0.3) is 6.08 Å². The van der Waals surface area contributed by atoms with E-state index in [-0.39, 0.29) is 16.1 Å². The summed E-state index contributed by atoms with van der Waals surface area (Å²) in [5.41, 5.74) is 3.82. The van der Waals surface area contributed by atoms with Gasteiger partial charge in [-0.3, -0.25) is 15.0 Å². The van der Waals surface area contributed by atoms with E-state index in [9.17, 15) is 9.59 Å². The Balaban J connectivity index is 1.77. The number of hydrazine groups is 1. The fraction of sp³-hybridized carbons (Fsp3) is 0. The molecule has 0 bridgehead atoms. The van der Waals surface area contributed by atoms with Crippen LogP contribution in [0.5, 0.6) is 0 Å². The molecular formula is C17H11ClN2O2S2. The van der Waals surface area contributed by atoms with Crippen LogP contribution in [-0.2, 0) is 4.79 Å². The summed E-state index contributed by atoms with van der Waals surface area (Å²) in [6, 6.07) is 15.7. The van der Waals surface area contributed by atoms with Gasteiger partial charge < -0.3 is 0 Å². The maximum Gasteiger partial charge on any atom is 0.285 e. The van der Waals surface area contributed by atoms with Gasteiger partial charge in [-0.2, -0.15) is 5.01 Å². The number of carbonyl (C=O) groups excluding carboxylic acids is 2. The molecule has 0 aromatic heterocycles. The van der Waals surface area contributed by atoms with E-state index in [2.05, 4.69) is 5.43 Å². The highest BCUT2D eigenvalue weighted by molar-refractivity contribution is 8.26. The van der Waals surface area contributed by atoms with Gasteiger partial charge in [-0.15, -0.1) is 0 Å². The first-order valence-electron chi connectivity index (χ1n) is 6.94. The van der Waals surface area contributed by atoms with Crippen LogP contribution in [0.15, 0.2) is 59.5 Å². The fourth-order valence-electron chi connectivity index (χ4n) is 2.03. The lowest BCUT2D eigenvalue weighted by molar-refractivity contribution is -0.123. The lowest BCUT2D eigenvalue weighted by Gasteiger charge is -2.15. The predicted octanol–water partition coefficient (Wildman–Crippen LogP) is 3.89. The van der Waals surface area contributed by atoms with Crippen molar-refractivity contribution in [2.75, 3.05) is 0 Å². The highest BCUT2D eigenvalue weighted by Gasteiger charge is 2.33. The molecule has 1 aliphatic rings. The molecule has 0 saturated carbocycles. The third kappa shape index (κ3) is 3.67. The molecule has 24 heavy (non-hydrogen) atoms. The zero-order chi connectivity index (χ0) is 17.1. The van der Waals surface area contributed by atoms with Crippen LogP contribution in [0.1, 0.15) is 15.9 Å². The minimum absolute atomic E-state index is 0.282. The zero-order valence-electron chi connectivity index (χ0n) is 12.2. The van der Waals surface area contributed by atoms with E-state index in [1.54, 1.807) is 54.6 Å². The molecule has 0 aliphatic carbocycles. The van der Waals surface area contributed by atoms with Gasteiger partial charge in [0, 0.05) is 10.6 Å². The number of rotatable bonds is 3. The van der Waals surface area contributed by atoms with Crippen molar-refractivity contribution in [2.24, 2.45) is 0 Å². The fourth-order valence-corrected chi connectivity index (χ4v) is 3.34. The van der Waals surface area contributed by atoms with Crippen molar-refractivity contribution in [3.05, 3.63) is 75.7 Å². The minimum Gasteiger partial charge on any atom is -0.267 e. The predicted molar refractivity (Wildman–Crippen MR) is 100 cm³/mol. The Hall–Kier alpha value is -2.15. The molecule has 0 atom stereocenters. The first-order chi connectivity index (χ1) is 11.5. The van der Waals surface area contributed by atoms with Gasteiger partial charge in [-0.25, -0.2) is 0 Å². The molecule has 3 rings (SSSR count). The summed E-state index contributed by atoms with van der Waals surface area (Å²) >= 11 is 12.2. The number of nitrogens with one attached hydrogen (secondary N) is 1. The van der Waals surface area contributed by atoms with E-state index >= 15 is 0 Å². The van der Waals surface area contributed by atoms with Gasteiger partial charge in [0.15, 0.2) is 4.32 Å². The first kappa shape index (κ1) is 16.7. The highest BCUT2D eigenvalue weighted by atomic mass is 35.5. The summed E-state index contributed by atoms with van der Waals surface area (Å²) in [5, 5.41) is 1.71. The summed E-state index contributed by atoms with van der Waals surface area (Å²) in [7, 11) is 0. The average Bonchev–Trinajstić information content (AvgIpc) is 2.85. The van der Waals surface area contributed by atoms with E-state index in [0.717, 1.165) is 22.3 Å². The number of carbonyl (C=O) groups is 2. The van der Waals surface area contributed by atoms with Crippen LogP contribution in [0.3, 0.4) is 0 Å². The van der Waals surface area contributed by atoms with Gasteiger partial charge in [0.25, 0.3) is 11.8 Å². The molecular weight excluding hydrogens is 364 g/mol. The molecule has 2 aromatic rings. The number of halogens is 1. The van der Waals surface area contributed by atoms with Gasteiger partial charge in [0.2, 0.25) is 0 Å². The second-order valence-electron chi connectivity index (χ2n) is 4.88. The lowest BCUT2D eigenvalue weighted by atomic mass is 10.2. The van der Waals surface area contributed by atoms with Gasteiger partial charge in [-0.05, 0) is 48.1 Å². The van der Waals surface area contributed by atoms with Crippen LogP contribution >= 0.6 is 35.6 Å². The van der Waals surface area contributed by atoms with Gasteiger partial charge >= 0.3 is 0 Å². The standard InChI is InChI=1S/C17H11ClN2O2S2/c18-13-8-6-11(7-9-13)10-14-16(22)20(17(23)24-14)19-15(21)12-4-2-1-3-5-12/h1-10H,(H,19,21)/b14-10+. The summed E-state index contributed by atoms with van der Waals surface area (Å²) in [4.78, 5) is 25.1. The summed E-state index contributed by atoms with van der Waals surface area (Å²) in [5.74, 6) is -0.746. The van der Waals surface area contributed by atoms with Crippen molar-refractivity contribution >= 4 is 57.8 Å². The third-order valence-corrected chi connectivity index (χ3v) is 4.76. The Morgan fingerprint density at radius 2 is 1.79 bits per heavy atom. The summed E-state index contributed by atoms with van der Waals surface area (Å²) in [6.45, 7) is 0. The number of nitrogens with zero attached hydrogens (tertiary/aromatic N) is 1. The molecule has 0 spiro atoms. The molecule has 0 unspecified atom stereocenters. The maximum absolute atomic E-state index is 12.5. The van der Waals surface area contributed by atoms with Crippen LogP contribution in [-0.4, -0.2) is 21.1 Å². The molecule has 1 aliphatic heterocycles. The number of hydrogen-bond acceptors (Lipinski definition) is 4. The van der Waals surface area contributed by atoms with E-state index in [1.165, 1.54) is 0 Å². The number of benzene rings is 2.